The zero-order valence-electron chi connectivity index (χ0n) is 16.5. The number of hydrogen-bond acceptors (Lipinski definition) is 6. The van der Waals surface area contributed by atoms with Crippen LogP contribution in [0.5, 0.6) is 5.75 Å². The molecule has 1 N–H and O–H groups in total. The average Bonchev–Trinajstić information content (AvgIpc) is 2.69. The maximum atomic E-state index is 12.4. The molecular formula is C21H25N5O2. The molecule has 2 aromatic rings. The lowest BCUT2D eigenvalue weighted by Crippen LogP contribution is -2.40. The molecule has 1 aliphatic carbocycles. The Labute approximate surface area is 165 Å². The third-order valence-corrected chi connectivity index (χ3v) is 4.96. The van der Waals surface area contributed by atoms with Crippen LogP contribution in [0.25, 0.3) is 0 Å². The molecule has 7 heteroatoms. The molecule has 1 amide bonds. The highest BCUT2D eigenvalue weighted by Crippen LogP contribution is 2.25. The number of nitrogens with zero attached hydrogens (tertiary/aromatic N) is 4. The van der Waals surface area contributed by atoms with Gasteiger partial charge in [-0.15, -0.1) is 10.2 Å². The van der Waals surface area contributed by atoms with Gasteiger partial charge in [0, 0.05) is 12.0 Å². The van der Waals surface area contributed by atoms with E-state index in [1.807, 2.05) is 32.9 Å². The lowest BCUT2D eigenvalue weighted by Gasteiger charge is -2.29. The quantitative estimate of drug-likeness (QED) is 0.855. The molecule has 3 rings (SSSR count). The number of carbonyl (C=O) groups is 1. The van der Waals surface area contributed by atoms with Crippen LogP contribution >= 0.6 is 0 Å². The molecule has 1 saturated carbocycles. The number of aromatic nitrogens is 3. The molecule has 28 heavy (non-hydrogen) atoms. The number of nitriles is 1. The van der Waals surface area contributed by atoms with Crippen LogP contribution in [0.4, 0.5) is 0 Å². The van der Waals surface area contributed by atoms with Crippen LogP contribution < -0.4 is 10.1 Å². The molecule has 1 heterocycles. The van der Waals surface area contributed by atoms with E-state index in [0.29, 0.717) is 11.4 Å². The smallest absolute Gasteiger partial charge is 0.273 e. The average molecular weight is 379 g/mol. The first-order valence-electron chi connectivity index (χ1n) is 9.64. The molecule has 1 aromatic carbocycles. The van der Waals surface area contributed by atoms with Crippen molar-refractivity contribution in [1.29, 1.82) is 5.26 Å². The predicted octanol–water partition coefficient (Wildman–Crippen LogP) is 3.30. The van der Waals surface area contributed by atoms with Gasteiger partial charge >= 0.3 is 0 Å². The fourth-order valence-electron chi connectivity index (χ4n) is 3.26. The largest absolute Gasteiger partial charge is 0.490 e. The summed E-state index contributed by atoms with van der Waals surface area (Å²) in [7, 11) is 0. The topological polar surface area (TPSA) is 101 Å². The van der Waals surface area contributed by atoms with E-state index in [2.05, 4.69) is 26.6 Å². The van der Waals surface area contributed by atoms with Crippen LogP contribution in [-0.2, 0) is 0 Å². The number of carbonyl (C=O) groups excluding carboxylic acids is 1. The van der Waals surface area contributed by atoms with E-state index in [9.17, 15) is 4.79 Å². The lowest BCUT2D eigenvalue weighted by molar-refractivity contribution is 0.0887. The van der Waals surface area contributed by atoms with Crippen LogP contribution in [-0.4, -0.2) is 33.2 Å². The standard InChI is InChI=1S/C21H25N5O2/c1-13(2)20-23-12-19(25-26-20)21(27)24-16-5-8-17(9-6-16)28-18-7-4-15(11-22)14(3)10-18/h4,7,10,12-13,16-17H,5-6,8-9H2,1-3H3,(H,24,27). The zero-order chi connectivity index (χ0) is 20.1. The summed E-state index contributed by atoms with van der Waals surface area (Å²) in [4.78, 5) is 16.5. The first-order chi connectivity index (χ1) is 13.5. The van der Waals surface area contributed by atoms with Gasteiger partial charge in [0.1, 0.15) is 5.75 Å². The fourth-order valence-corrected chi connectivity index (χ4v) is 3.26. The Hall–Kier alpha value is -3.01. The van der Waals surface area contributed by atoms with Gasteiger partial charge in [-0.2, -0.15) is 5.26 Å². The highest BCUT2D eigenvalue weighted by molar-refractivity contribution is 5.91. The van der Waals surface area contributed by atoms with Crippen molar-refractivity contribution >= 4 is 5.91 Å². The molecule has 1 aliphatic rings. The highest BCUT2D eigenvalue weighted by Gasteiger charge is 2.24. The summed E-state index contributed by atoms with van der Waals surface area (Å²) in [6, 6.07) is 7.79. The fraction of sp³-hybridized carbons (Fsp3) is 0.476. The van der Waals surface area contributed by atoms with Gasteiger partial charge in [-0.1, -0.05) is 13.8 Å². The monoisotopic (exact) mass is 379 g/mol. The van der Waals surface area contributed by atoms with E-state index in [4.69, 9.17) is 10.00 Å². The number of rotatable bonds is 5. The van der Waals surface area contributed by atoms with Crippen LogP contribution in [0.2, 0.25) is 0 Å². The van der Waals surface area contributed by atoms with E-state index >= 15 is 0 Å². The van der Waals surface area contributed by atoms with E-state index < -0.39 is 0 Å². The number of nitrogens with one attached hydrogen (secondary N) is 1. The molecular weight excluding hydrogens is 354 g/mol. The summed E-state index contributed by atoms with van der Waals surface area (Å²) in [5.41, 5.74) is 1.83. The SMILES string of the molecule is Cc1cc(OC2CCC(NC(=O)c3cnc(C(C)C)nn3)CC2)ccc1C#N. The molecule has 0 atom stereocenters. The normalized spacial score (nSPS) is 19.1. The van der Waals surface area contributed by atoms with Crippen molar-refractivity contribution in [1.82, 2.24) is 20.5 Å². The van der Waals surface area contributed by atoms with Gasteiger partial charge in [-0.25, -0.2) is 4.98 Å². The Balaban J connectivity index is 1.49. The first-order valence-corrected chi connectivity index (χ1v) is 9.64. The van der Waals surface area contributed by atoms with Crippen molar-refractivity contribution in [3.8, 4) is 11.8 Å². The number of aryl methyl sites for hydroxylation is 1. The molecule has 0 bridgehead atoms. The molecule has 7 nitrogen and oxygen atoms in total. The number of ether oxygens (including phenoxy) is 1. The summed E-state index contributed by atoms with van der Waals surface area (Å²) in [6.45, 7) is 5.87. The minimum absolute atomic E-state index is 0.0987. The summed E-state index contributed by atoms with van der Waals surface area (Å²) < 4.78 is 6.05. The summed E-state index contributed by atoms with van der Waals surface area (Å²) >= 11 is 0. The second-order valence-electron chi connectivity index (χ2n) is 7.51. The molecule has 0 unspecified atom stereocenters. The zero-order valence-corrected chi connectivity index (χ0v) is 16.5. The van der Waals surface area contributed by atoms with E-state index in [-0.39, 0.29) is 29.7 Å². The van der Waals surface area contributed by atoms with E-state index in [1.165, 1.54) is 6.20 Å². The van der Waals surface area contributed by atoms with E-state index in [1.54, 1.807) is 6.07 Å². The molecule has 1 aromatic heterocycles. The lowest BCUT2D eigenvalue weighted by atomic mass is 9.92. The van der Waals surface area contributed by atoms with Gasteiger partial charge < -0.3 is 10.1 Å². The van der Waals surface area contributed by atoms with Gasteiger partial charge in [0.2, 0.25) is 0 Å². The second kappa shape index (κ2) is 8.79. The van der Waals surface area contributed by atoms with Crippen molar-refractivity contribution in [2.75, 3.05) is 0 Å². The first kappa shape index (κ1) is 19.7. The van der Waals surface area contributed by atoms with Gasteiger partial charge in [-0.3, -0.25) is 4.79 Å². The molecule has 0 saturated heterocycles. The van der Waals surface area contributed by atoms with Crippen LogP contribution in [0.1, 0.15) is 72.9 Å². The third kappa shape index (κ3) is 4.83. The van der Waals surface area contributed by atoms with Crippen LogP contribution in [0.15, 0.2) is 24.4 Å². The molecule has 146 valence electrons. The van der Waals surface area contributed by atoms with Gasteiger partial charge in [0.15, 0.2) is 11.5 Å². The van der Waals surface area contributed by atoms with Crippen molar-refractivity contribution < 1.29 is 9.53 Å². The number of hydrogen-bond donors (Lipinski definition) is 1. The molecule has 0 radical (unpaired) electrons. The van der Waals surface area contributed by atoms with Crippen molar-refractivity contribution in [3.63, 3.8) is 0 Å². The Morgan fingerprint density at radius 3 is 2.57 bits per heavy atom. The van der Waals surface area contributed by atoms with Crippen molar-refractivity contribution in [3.05, 3.63) is 47.0 Å². The predicted molar refractivity (Wildman–Crippen MR) is 104 cm³/mol. The summed E-state index contributed by atoms with van der Waals surface area (Å²) in [5.74, 6) is 1.37. The van der Waals surface area contributed by atoms with Crippen molar-refractivity contribution in [2.45, 2.75) is 64.5 Å². The Kier molecular flexibility index (Phi) is 6.19. The van der Waals surface area contributed by atoms with Gasteiger partial charge in [0.05, 0.1) is 23.9 Å². The molecule has 0 aliphatic heterocycles. The summed E-state index contributed by atoms with van der Waals surface area (Å²) in [6.07, 6.45) is 5.01. The minimum Gasteiger partial charge on any atom is -0.490 e. The van der Waals surface area contributed by atoms with Gasteiger partial charge in [0.25, 0.3) is 5.91 Å². The Morgan fingerprint density at radius 2 is 2.00 bits per heavy atom. The van der Waals surface area contributed by atoms with Crippen LogP contribution in [0.3, 0.4) is 0 Å². The molecule has 0 spiro atoms. The van der Waals surface area contributed by atoms with E-state index in [0.717, 1.165) is 37.0 Å². The van der Waals surface area contributed by atoms with Crippen LogP contribution in [0, 0.1) is 18.3 Å². The van der Waals surface area contributed by atoms with Gasteiger partial charge in [-0.05, 0) is 56.4 Å². The minimum atomic E-state index is -0.234. The molecule has 1 fully saturated rings. The Morgan fingerprint density at radius 1 is 1.25 bits per heavy atom. The number of benzene rings is 1. The Bertz CT molecular complexity index is 865. The van der Waals surface area contributed by atoms with Crippen molar-refractivity contribution in [2.24, 2.45) is 0 Å². The third-order valence-electron chi connectivity index (χ3n) is 4.96. The summed E-state index contributed by atoms with van der Waals surface area (Å²) in [5, 5.41) is 20.0. The number of amides is 1. The second-order valence-corrected chi connectivity index (χ2v) is 7.51. The highest BCUT2D eigenvalue weighted by atomic mass is 16.5. The maximum Gasteiger partial charge on any atom is 0.273 e. The maximum absolute atomic E-state index is 12.4.